The minimum Gasteiger partial charge on any atom is -0.418 e. The summed E-state index contributed by atoms with van der Waals surface area (Å²) in [4.78, 5) is 0.527. The third-order valence-electron chi connectivity index (χ3n) is 1.18. The second-order valence-corrected chi connectivity index (χ2v) is 6.51. The Balaban J connectivity index is 3.36. The van der Waals surface area contributed by atoms with Crippen LogP contribution in [0.2, 0.25) is 0 Å². The molecule has 0 bridgehead atoms. The molecule has 0 spiro atoms. The fraction of sp³-hybridized carbons (Fsp3) is 1.00. The maximum Gasteiger partial charge on any atom is 0.174 e. The molecule has 0 saturated carbocycles. The molecule has 10 heavy (non-hydrogen) atoms. The van der Waals surface area contributed by atoms with E-state index in [2.05, 4.69) is 40.3 Å². The lowest BCUT2D eigenvalue weighted by Crippen LogP contribution is -2.26. The van der Waals surface area contributed by atoms with Gasteiger partial charge in [-0.1, -0.05) is 6.92 Å². The van der Waals surface area contributed by atoms with E-state index < -0.39 is 9.76 Å². The lowest BCUT2D eigenvalue weighted by Gasteiger charge is -2.21. The van der Waals surface area contributed by atoms with Crippen LogP contribution in [0, 0.1) is 0 Å². The highest BCUT2D eigenvalue weighted by Gasteiger charge is 2.11. The van der Waals surface area contributed by atoms with Crippen LogP contribution in [0.5, 0.6) is 0 Å². The first kappa shape index (κ1) is 10.5. The highest BCUT2D eigenvalue weighted by atomic mass is 32.1. The number of hydrogen-bond acceptors (Lipinski definition) is 2. The van der Waals surface area contributed by atoms with Gasteiger partial charge in [0.1, 0.15) is 0 Å². The Morgan fingerprint density at radius 1 is 1.50 bits per heavy atom. The van der Waals surface area contributed by atoms with E-state index >= 15 is 0 Å². The zero-order valence-electron chi connectivity index (χ0n) is 7.35. The van der Waals surface area contributed by atoms with E-state index in [4.69, 9.17) is 4.43 Å². The van der Waals surface area contributed by atoms with Crippen molar-refractivity contribution < 1.29 is 4.43 Å². The SMILES string of the molecule is CCC(S)[SiH2]OC(C)(C)C. The molecule has 0 rings (SSSR count). The third-order valence-corrected chi connectivity index (χ3v) is 3.99. The van der Waals surface area contributed by atoms with Crippen LogP contribution >= 0.6 is 12.6 Å². The van der Waals surface area contributed by atoms with Crippen molar-refractivity contribution in [3.63, 3.8) is 0 Å². The summed E-state index contributed by atoms with van der Waals surface area (Å²) in [5, 5.41) is 0. The molecule has 62 valence electrons. The van der Waals surface area contributed by atoms with Gasteiger partial charge >= 0.3 is 0 Å². The molecule has 0 heterocycles. The van der Waals surface area contributed by atoms with E-state index in [1.807, 2.05) is 0 Å². The van der Waals surface area contributed by atoms with Crippen molar-refractivity contribution in [2.45, 2.75) is 44.6 Å². The zero-order valence-corrected chi connectivity index (χ0v) is 9.66. The second kappa shape index (κ2) is 4.41. The van der Waals surface area contributed by atoms with Crippen LogP contribution in [0.25, 0.3) is 0 Å². The molecule has 0 fully saturated rings. The van der Waals surface area contributed by atoms with E-state index in [1.165, 1.54) is 0 Å². The highest BCUT2D eigenvalue weighted by molar-refractivity contribution is 7.82. The average Bonchev–Trinajstić information content (AvgIpc) is 1.81. The van der Waals surface area contributed by atoms with Crippen molar-refractivity contribution in [2.75, 3.05) is 0 Å². The normalized spacial score (nSPS) is 16.5. The van der Waals surface area contributed by atoms with E-state index in [9.17, 15) is 0 Å². The molecule has 1 nitrogen and oxygen atoms in total. The van der Waals surface area contributed by atoms with E-state index in [0.717, 1.165) is 6.42 Å². The van der Waals surface area contributed by atoms with Gasteiger partial charge in [0, 0.05) is 10.5 Å². The summed E-state index contributed by atoms with van der Waals surface area (Å²) >= 11 is 4.38. The van der Waals surface area contributed by atoms with Crippen LogP contribution < -0.4 is 0 Å². The van der Waals surface area contributed by atoms with Gasteiger partial charge in [0.2, 0.25) is 0 Å². The van der Waals surface area contributed by atoms with Crippen LogP contribution in [0.3, 0.4) is 0 Å². The van der Waals surface area contributed by atoms with Gasteiger partial charge in [-0.05, 0) is 27.2 Å². The first-order valence-electron chi connectivity index (χ1n) is 3.77. The molecule has 0 amide bonds. The number of rotatable bonds is 3. The molecule has 1 unspecified atom stereocenters. The molecule has 0 radical (unpaired) electrons. The molecule has 1 atom stereocenters. The van der Waals surface area contributed by atoms with Crippen LogP contribution in [0.4, 0.5) is 0 Å². The molecule has 0 saturated heterocycles. The fourth-order valence-electron chi connectivity index (χ4n) is 0.464. The van der Waals surface area contributed by atoms with E-state index in [0.29, 0.717) is 4.87 Å². The molecule has 0 aliphatic heterocycles. The van der Waals surface area contributed by atoms with Gasteiger partial charge in [-0.3, -0.25) is 0 Å². The topological polar surface area (TPSA) is 9.23 Å². The van der Waals surface area contributed by atoms with Gasteiger partial charge in [0.25, 0.3) is 0 Å². The van der Waals surface area contributed by atoms with Crippen molar-refractivity contribution in [2.24, 2.45) is 0 Å². The highest BCUT2D eigenvalue weighted by Crippen LogP contribution is 2.08. The Labute approximate surface area is 71.9 Å². The van der Waals surface area contributed by atoms with Crippen molar-refractivity contribution in [3.05, 3.63) is 0 Å². The summed E-state index contributed by atoms with van der Waals surface area (Å²) in [5.41, 5.74) is 0.0440. The van der Waals surface area contributed by atoms with Crippen molar-refractivity contribution in [3.8, 4) is 0 Å². The second-order valence-electron chi connectivity index (χ2n) is 3.49. The van der Waals surface area contributed by atoms with E-state index in [-0.39, 0.29) is 5.60 Å². The Morgan fingerprint density at radius 2 is 2.00 bits per heavy atom. The molecular formula is C7H18OSSi. The van der Waals surface area contributed by atoms with E-state index in [1.54, 1.807) is 0 Å². The molecule has 0 N–H and O–H groups in total. The van der Waals surface area contributed by atoms with Crippen molar-refractivity contribution >= 4 is 22.4 Å². The number of hydrogen-bond donors (Lipinski definition) is 1. The molecule has 0 aromatic carbocycles. The lowest BCUT2D eigenvalue weighted by molar-refractivity contribution is 0.137. The Bertz CT molecular complexity index is 90.1. The predicted octanol–water partition coefficient (Wildman–Crippen LogP) is 1.55. The van der Waals surface area contributed by atoms with Gasteiger partial charge in [0.15, 0.2) is 9.76 Å². The minimum absolute atomic E-state index is 0.0440. The first-order chi connectivity index (χ1) is 4.45. The van der Waals surface area contributed by atoms with Gasteiger partial charge in [-0.15, -0.1) is 0 Å². The first-order valence-corrected chi connectivity index (χ1v) is 5.68. The third kappa shape index (κ3) is 6.64. The molecule has 0 aromatic rings. The van der Waals surface area contributed by atoms with Crippen LogP contribution in [0.15, 0.2) is 0 Å². The predicted molar refractivity (Wildman–Crippen MR) is 52.4 cm³/mol. The van der Waals surface area contributed by atoms with Gasteiger partial charge in [0.05, 0.1) is 0 Å². The maximum absolute atomic E-state index is 5.64. The summed E-state index contributed by atoms with van der Waals surface area (Å²) < 4.78 is 5.64. The van der Waals surface area contributed by atoms with Crippen molar-refractivity contribution in [1.29, 1.82) is 0 Å². The Morgan fingerprint density at radius 3 is 2.30 bits per heavy atom. The molecule has 0 aliphatic carbocycles. The number of thiol groups is 1. The summed E-state index contributed by atoms with van der Waals surface area (Å²) in [6.07, 6.45) is 1.13. The summed E-state index contributed by atoms with van der Waals surface area (Å²) in [6, 6.07) is 0. The van der Waals surface area contributed by atoms with Gasteiger partial charge in [-0.2, -0.15) is 12.6 Å². The summed E-state index contributed by atoms with van der Waals surface area (Å²) in [5.74, 6) is 0. The Kier molecular flexibility index (Phi) is 4.65. The monoisotopic (exact) mass is 178 g/mol. The van der Waals surface area contributed by atoms with Crippen LogP contribution in [0.1, 0.15) is 34.1 Å². The quantitative estimate of drug-likeness (QED) is 0.510. The standard InChI is InChI=1S/C7H18OSSi/c1-5-6(9)10-8-7(2,3)4/h6,9H,5,10H2,1-4H3. The summed E-state index contributed by atoms with van der Waals surface area (Å²) in [6.45, 7) is 8.43. The summed E-state index contributed by atoms with van der Waals surface area (Å²) in [7, 11) is -0.404. The van der Waals surface area contributed by atoms with Crippen LogP contribution in [-0.4, -0.2) is 20.2 Å². The molecule has 0 aromatic heterocycles. The largest absolute Gasteiger partial charge is 0.418 e. The molecular weight excluding hydrogens is 160 g/mol. The maximum atomic E-state index is 5.64. The van der Waals surface area contributed by atoms with Gasteiger partial charge < -0.3 is 4.43 Å². The van der Waals surface area contributed by atoms with Crippen LogP contribution in [-0.2, 0) is 4.43 Å². The zero-order chi connectivity index (χ0) is 8.20. The van der Waals surface area contributed by atoms with Crippen molar-refractivity contribution in [1.82, 2.24) is 0 Å². The molecule has 0 aliphatic rings. The van der Waals surface area contributed by atoms with Gasteiger partial charge in [-0.25, -0.2) is 0 Å². The Hall–Kier alpha value is 0.527. The average molecular weight is 178 g/mol. The smallest absolute Gasteiger partial charge is 0.174 e. The fourth-order valence-corrected chi connectivity index (χ4v) is 1.62. The molecule has 3 heteroatoms. The lowest BCUT2D eigenvalue weighted by atomic mass is 10.2. The minimum atomic E-state index is -0.404.